The molecule has 2 aromatic carbocycles. The van der Waals surface area contributed by atoms with E-state index in [1.165, 1.54) is 0 Å². The third kappa shape index (κ3) is 1.90. The van der Waals surface area contributed by atoms with E-state index in [-0.39, 0.29) is 0 Å². The SMILES string of the molecule is CC1=Cc2ccccc2C1S(=O)(=O)c1ccccc1. The Morgan fingerprint density at radius 1 is 0.895 bits per heavy atom. The van der Waals surface area contributed by atoms with Crippen LogP contribution in [0.25, 0.3) is 6.08 Å². The second-order valence-corrected chi connectivity index (χ2v) is 6.79. The highest BCUT2D eigenvalue weighted by Crippen LogP contribution is 2.42. The quantitative estimate of drug-likeness (QED) is 0.835. The third-order valence-electron chi connectivity index (χ3n) is 3.46. The Bertz CT molecular complexity index is 743. The molecule has 3 rings (SSSR count). The van der Waals surface area contributed by atoms with Crippen molar-refractivity contribution in [3.05, 3.63) is 71.3 Å². The molecule has 0 aromatic heterocycles. The summed E-state index contributed by atoms with van der Waals surface area (Å²) in [7, 11) is -3.37. The summed E-state index contributed by atoms with van der Waals surface area (Å²) in [6, 6.07) is 16.3. The lowest BCUT2D eigenvalue weighted by Gasteiger charge is -2.15. The molecule has 0 heterocycles. The van der Waals surface area contributed by atoms with Gasteiger partial charge in [-0.2, -0.15) is 0 Å². The first-order valence-electron chi connectivity index (χ1n) is 6.17. The molecule has 0 fully saturated rings. The van der Waals surface area contributed by atoms with Gasteiger partial charge in [-0.1, -0.05) is 48.5 Å². The molecule has 2 aromatic rings. The molecule has 0 N–H and O–H groups in total. The normalized spacial score (nSPS) is 17.9. The van der Waals surface area contributed by atoms with Gasteiger partial charge in [-0.25, -0.2) is 8.42 Å². The average Bonchev–Trinajstić information content (AvgIpc) is 2.76. The molecule has 2 nitrogen and oxygen atoms in total. The van der Waals surface area contributed by atoms with Crippen LogP contribution in [-0.2, 0) is 9.84 Å². The van der Waals surface area contributed by atoms with Crippen molar-refractivity contribution in [2.45, 2.75) is 17.1 Å². The minimum absolute atomic E-state index is 0.379. The first-order chi connectivity index (χ1) is 9.10. The minimum atomic E-state index is -3.37. The van der Waals surface area contributed by atoms with Gasteiger partial charge in [0.2, 0.25) is 0 Å². The first-order valence-corrected chi connectivity index (χ1v) is 7.71. The third-order valence-corrected chi connectivity index (χ3v) is 5.63. The van der Waals surface area contributed by atoms with Crippen LogP contribution in [0, 0.1) is 0 Å². The molecule has 19 heavy (non-hydrogen) atoms. The molecule has 0 spiro atoms. The van der Waals surface area contributed by atoms with Gasteiger partial charge in [0.1, 0.15) is 5.25 Å². The second-order valence-electron chi connectivity index (χ2n) is 4.76. The molecule has 0 radical (unpaired) electrons. The van der Waals surface area contributed by atoms with Crippen LogP contribution in [0.3, 0.4) is 0 Å². The van der Waals surface area contributed by atoms with Gasteiger partial charge in [-0.3, -0.25) is 0 Å². The molecule has 0 saturated heterocycles. The Hall–Kier alpha value is -1.87. The number of hydrogen-bond donors (Lipinski definition) is 0. The van der Waals surface area contributed by atoms with E-state index in [0.717, 1.165) is 16.7 Å². The first kappa shape index (κ1) is 12.2. The van der Waals surface area contributed by atoms with Gasteiger partial charge in [0.25, 0.3) is 0 Å². The van der Waals surface area contributed by atoms with Gasteiger partial charge in [-0.05, 0) is 35.8 Å². The van der Waals surface area contributed by atoms with E-state index in [9.17, 15) is 8.42 Å². The van der Waals surface area contributed by atoms with E-state index in [1.54, 1.807) is 24.3 Å². The van der Waals surface area contributed by atoms with Crippen molar-refractivity contribution in [1.29, 1.82) is 0 Å². The average molecular weight is 270 g/mol. The second kappa shape index (κ2) is 4.35. The van der Waals surface area contributed by atoms with E-state index in [1.807, 2.05) is 43.3 Å². The fourth-order valence-corrected chi connectivity index (χ4v) is 4.52. The molecule has 1 aliphatic rings. The number of fused-ring (bicyclic) bond motifs is 1. The minimum Gasteiger partial charge on any atom is -0.223 e. The molecule has 0 aliphatic heterocycles. The summed E-state index contributed by atoms with van der Waals surface area (Å²) in [6.07, 6.45) is 1.96. The number of rotatable bonds is 2. The zero-order valence-corrected chi connectivity index (χ0v) is 11.4. The Balaban J connectivity index is 2.16. The van der Waals surface area contributed by atoms with E-state index >= 15 is 0 Å². The molecule has 1 unspecified atom stereocenters. The highest BCUT2D eigenvalue weighted by Gasteiger charge is 2.34. The smallest absolute Gasteiger partial charge is 0.189 e. The van der Waals surface area contributed by atoms with Crippen LogP contribution in [0.15, 0.2) is 65.1 Å². The van der Waals surface area contributed by atoms with Crippen LogP contribution >= 0.6 is 0 Å². The van der Waals surface area contributed by atoms with Crippen LogP contribution in [0.4, 0.5) is 0 Å². The predicted molar refractivity (Wildman–Crippen MR) is 76.5 cm³/mol. The Labute approximate surface area is 113 Å². The highest BCUT2D eigenvalue weighted by atomic mass is 32.2. The van der Waals surface area contributed by atoms with Crippen LogP contribution in [-0.4, -0.2) is 8.42 Å². The maximum absolute atomic E-state index is 12.8. The molecule has 0 saturated carbocycles. The number of benzene rings is 2. The summed E-state index contributed by atoms with van der Waals surface area (Å²) in [4.78, 5) is 0.379. The standard InChI is InChI=1S/C16H14O2S/c1-12-11-13-7-5-6-10-15(13)16(12)19(17,18)14-8-3-2-4-9-14/h2-11,16H,1H3. The van der Waals surface area contributed by atoms with Gasteiger partial charge in [0, 0.05) is 0 Å². The molecular formula is C16H14O2S. The number of hydrogen-bond acceptors (Lipinski definition) is 2. The Morgan fingerprint density at radius 2 is 1.53 bits per heavy atom. The summed E-state index contributed by atoms with van der Waals surface area (Å²) in [5.41, 5.74) is 2.76. The molecule has 1 aliphatic carbocycles. The molecule has 96 valence electrons. The molecule has 0 amide bonds. The highest BCUT2D eigenvalue weighted by molar-refractivity contribution is 7.92. The fraction of sp³-hybridized carbons (Fsp3) is 0.125. The summed E-state index contributed by atoms with van der Waals surface area (Å²) in [6.45, 7) is 1.88. The zero-order valence-electron chi connectivity index (χ0n) is 10.6. The van der Waals surface area contributed by atoms with E-state index in [0.29, 0.717) is 4.90 Å². The van der Waals surface area contributed by atoms with Crippen LogP contribution in [0.5, 0.6) is 0 Å². The van der Waals surface area contributed by atoms with Crippen molar-refractivity contribution in [2.24, 2.45) is 0 Å². The Kier molecular flexibility index (Phi) is 2.79. The van der Waals surface area contributed by atoms with E-state index in [4.69, 9.17) is 0 Å². The van der Waals surface area contributed by atoms with Gasteiger partial charge in [0.05, 0.1) is 4.90 Å². The summed E-state index contributed by atoms with van der Waals surface area (Å²) in [5, 5.41) is -0.550. The van der Waals surface area contributed by atoms with Crippen molar-refractivity contribution in [3.63, 3.8) is 0 Å². The molecule has 1 atom stereocenters. The lowest BCUT2D eigenvalue weighted by Crippen LogP contribution is -2.13. The van der Waals surface area contributed by atoms with E-state index < -0.39 is 15.1 Å². The van der Waals surface area contributed by atoms with Crippen molar-refractivity contribution in [1.82, 2.24) is 0 Å². The van der Waals surface area contributed by atoms with Crippen molar-refractivity contribution >= 4 is 15.9 Å². The topological polar surface area (TPSA) is 34.1 Å². The summed E-state index contributed by atoms with van der Waals surface area (Å²) >= 11 is 0. The van der Waals surface area contributed by atoms with Crippen LogP contribution in [0.2, 0.25) is 0 Å². The lowest BCUT2D eigenvalue weighted by atomic mass is 10.1. The molecular weight excluding hydrogens is 256 g/mol. The fourth-order valence-electron chi connectivity index (χ4n) is 2.61. The number of sulfone groups is 1. The van der Waals surface area contributed by atoms with Crippen LogP contribution in [0.1, 0.15) is 23.3 Å². The zero-order chi connectivity index (χ0) is 13.5. The van der Waals surface area contributed by atoms with Crippen LogP contribution < -0.4 is 0 Å². The van der Waals surface area contributed by atoms with E-state index in [2.05, 4.69) is 0 Å². The van der Waals surface area contributed by atoms with Gasteiger partial charge >= 0.3 is 0 Å². The van der Waals surface area contributed by atoms with Gasteiger partial charge < -0.3 is 0 Å². The Morgan fingerprint density at radius 3 is 2.26 bits per heavy atom. The van der Waals surface area contributed by atoms with Gasteiger partial charge in [0.15, 0.2) is 9.84 Å². The predicted octanol–water partition coefficient (Wildman–Crippen LogP) is 3.62. The maximum Gasteiger partial charge on any atom is 0.189 e. The molecule has 3 heteroatoms. The molecule has 0 bridgehead atoms. The summed E-state index contributed by atoms with van der Waals surface area (Å²) in [5.74, 6) is 0. The van der Waals surface area contributed by atoms with Crippen molar-refractivity contribution < 1.29 is 8.42 Å². The largest absolute Gasteiger partial charge is 0.223 e. The lowest BCUT2D eigenvalue weighted by molar-refractivity contribution is 0.589. The summed E-state index contributed by atoms with van der Waals surface area (Å²) < 4.78 is 25.5. The van der Waals surface area contributed by atoms with Gasteiger partial charge in [-0.15, -0.1) is 0 Å². The van der Waals surface area contributed by atoms with Crippen molar-refractivity contribution in [2.75, 3.05) is 0 Å². The monoisotopic (exact) mass is 270 g/mol. The van der Waals surface area contributed by atoms with Crippen molar-refractivity contribution in [3.8, 4) is 0 Å². The maximum atomic E-state index is 12.8.